The molecule has 1 atom stereocenters. The summed E-state index contributed by atoms with van der Waals surface area (Å²) in [4.78, 5) is 0. The number of ether oxygens (including phenoxy) is 2. The molecule has 1 aromatic rings. The van der Waals surface area contributed by atoms with Crippen LogP contribution in [0.2, 0.25) is 0 Å². The summed E-state index contributed by atoms with van der Waals surface area (Å²) in [6, 6.07) is 7.52. The zero-order chi connectivity index (χ0) is 10.4. The number of benzene rings is 1. The number of hydrogen-bond acceptors (Lipinski definition) is 3. The van der Waals surface area contributed by atoms with Crippen LogP contribution in [0.25, 0.3) is 0 Å². The van der Waals surface area contributed by atoms with Crippen molar-refractivity contribution in [2.75, 3.05) is 13.7 Å². The normalized spacial score (nSPS) is 12.2. The molecule has 0 radical (unpaired) electrons. The van der Waals surface area contributed by atoms with Gasteiger partial charge in [0.05, 0.1) is 7.11 Å². The molecule has 14 heavy (non-hydrogen) atoms. The Balaban J connectivity index is 2.58. The highest BCUT2D eigenvalue weighted by Gasteiger charge is 2.04. The van der Waals surface area contributed by atoms with Gasteiger partial charge in [-0.2, -0.15) is 0 Å². The van der Waals surface area contributed by atoms with Gasteiger partial charge >= 0.3 is 0 Å². The van der Waals surface area contributed by atoms with E-state index >= 15 is 0 Å². The molecule has 0 aliphatic carbocycles. The largest absolute Gasteiger partial charge is 0.497 e. The molecule has 78 valence electrons. The third-order valence-electron chi connectivity index (χ3n) is 2.08. The Morgan fingerprint density at radius 1 is 1.21 bits per heavy atom. The predicted octanol–water partition coefficient (Wildman–Crippen LogP) is 1.81. The van der Waals surface area contributed by atoms with Crippen molar-refractivity contribution in [2.45, 2.75) is 19.4 Å². The van der Waals surface area contributed by atoms with Crippen LogP contribution in [0.5, 0.6) is 11.5 Å². The van der Waals surface area contributed by atoms with Gasteiger partial charge in [-0.15, -0.1) is 0 Å². The van der Waals surface area contributed by atoms with E-state index in [9.17, 15) is 0 Å². The van der Waals surface area contributed by atoms with Crippen LogP contribution in [-0.2, 0) is 0 Å². The van der Waals surface area contributed by atoms with Crippen LogP contribution in [0.1, 0.15) is 13.3 Å². The number of hydrogen-bond donors (Lipinski definition) is 1. The molecule has 0 aliphatic heterocycles. The van der Waals surface area contributed by atoms with Gasteiger partial charge in [0.15, 0.2) is 0 Å². The summed E-state index contributed by atoms with van der Waals surface area (Å²) in [6.45, 7) is 2.60. The van der Waals surface area contributed by atoms with Crippen molar-refractivity contribution in [3.8, 4) is 11.5 Å². The Morgan fingerprint density at radius 3 is 2.21 bits per heavy atom. The van der Waals surface area contributed by atoms with Crippen molar-refractivity contribution < 1.29 is 9.47 Å². The lowest BCUT2D eigenvalue weighted by molar-refractivity contribution is 0.205. The molecule has 3 nitrogen and oxygen atoms in total. The van der Waals surface area contributed by atoms with Crippen molar-refractivity contribution in [3.05, 3.63) is 24.3 Å². The summed E-state index contributed by atoms with van der Waals surface area (Å²) < 4.78 is 10.7. The van der Waals surface area contributed by atoms with Gasteiger partial charge in [0.1, 0.15) is 17.6 Å². The molecule has 0 aliphatic rings. The van der Waals surface area contributed by atoms with Crippen molar-refractivity contribution >= 4 is 0 Å². The standard InChI is InChI=1S/C11H17NO2/c1-3-9(8-12)14-11-6-4-10(13-2)5-7-11/h4-7,9H,3,8,12H2,1-2H3. The van der Waals surface area contributed by atoms with Gasteiger partial charge in [-0.05, 0) is 30.7 Å². The molecule has 1 aromatic carbocycles. The molecule has 1 unspecified atom stereocenters. The molecule has 3 heteroatoms. The average molecular weight is 195 g/mol. The molecule has 2 N–H and O–H groups in total. The quantitative estimate of drug-likeness (QED) is 0.779. The van der Waals surface area contributed by atoms with Crippen molar-refractivity contribution in [3.63, 3.8) is 0 Å². The molecule has 0 aromatic heterocycles. The summed E-state index contributed by atoms with van der Waals surface area (Å²) in [5.41, 5.74) is 5.54. The van der Waals surface area contributed by atoms with Crippen LogP contribution in [0.3, 0.4) is 0 Å². The fraction of sp³-hybridized carbons (Fsp3) is 0.455. The van der Waals surface area contributed by atoms with Gasteiger partial charge in [-0.1, -0.05) is 6.92 Å². The summed E-state index contributed by atoms with van der Waals surface area (Å²) >= 11 is 0. The first-order valence-electron chi connectivity index (χ1n) is 4.81. The topological polar surface area (TPSA) is 44.5 Å². The Morgan fingerprint density at radius 2 is 1.79 bits per heavy atom. The number of methoxy groups -OCH3 is 1. The molecule has 0 amide bonds. The molecule has 0 saturated heterocycles. The van der Waals surface area contributed by atoms with E-state index in [0.29, 0.717) is 6.54 Å². The van der Waals surface area contributed by atoms with Gasteiger partial charge in [0, 0.05) is 6.54 Å². The van der Waals surface area contributed by atoms with E-state index in [1.807, 2.05) is 24.3 Å². The minimum atomic E-state index is 0.100. The average Bonchev–Trinajstić information content (AvgIpc) is 2.26. The van der Waals surface area contributed by atoms with Gasteiger partial charge in [0.2, 0.25) is 0 Å². The van der Waals surface area contributed by atoms with E-state index in [1.54, 1.807) is 7.11 Å². The lowest BCUT2D eigenvalue weighted by atomic mass is 10.2. The van der Waals surface area contributed by atoms with Crippen LogP contribution in [0, 0.1) is 0 Å². The third kappa shape index (κ3) is 2.92. The molecule has 0 spiro atoms. The molecule has 0 heterocycles. The fourth-order valence-corrected chi connectivity index (χ4v) is 1.14. The first kappa shape index (κ1) is 10.9. The van der Waals surface area contributed by atoms with E-state index in [1.165, 1.54) is 0 Å². The minimum absolute atomic E-state index is 0.100. The Labute approximate surface area is 84.8 Å². The maximum Gasteiger partial charge on any atom is 0.120 e. The second-order valence-electron chi connectivity index (χ2n) is 3.06. The second-order valence-corrected chi connectivity index (χ2v) is 3.06. The summed E-state index contributed by atoms with van der Waals surface area (Å²) in [5.74, 6) is 1.67. The maximum atomic E-state index is 5.63. The first-order chi connectivity index (χ1) is 6.80. The molecular weight excluding hydrogens is 178 g/mol. The van der Waals surface area contributed by atoms with E-state index in [4.69, 9.17) is 15.2 Å². The molecule has 0 bridgehead atoms. The SMILES string of the molecule is CCC(CN)Oc1ccc(OC)cc1. The number of nitrogens with two attached hydrogens (primary N) is 1. The Hall–Kier alpha value is -1.22. The van der Waals surface area contributed by atoms with E-state index in [0.717, 1.165) is 17.9 Å². The van der Waals surface area contributed by atoms with E-state index < -0.39 is 0 Å². The van der Waals surface area contributed by atoms with Gasteiger partial charge < -0.3 is 15.2 Å². The van der Waals surface area contributed by atoms with Crippen molar-refractivity contribution in [1.82, 2.24) is 0 Å². The minimum Gasteiger partial charge on any atom is -0.497 e. The molecular formula is C11H17NO2. The molecule has 0 fully saturated rings. The van der Waals surface area contributed by atoms with Gasteiger partial charge in [-0.25, -0.2) is 0 Å². The zero-order valence-electron chi connectivity index (χ0n) is 8.69. The van der Waals surface area contributed by atoms with Crippen LogP contribution in [0.15, 0.2) is 24.3 Å². The third-order valence-corrected chi connectivity index (χ3v) is 2.08. The fourth-order valence-electron chi connectivity index (χ4n) is 1.14. The predicted molar refractivity (Wildman–Crippen MR) is 56.8 cm³/mol. The van der Waals surface area contributed by atoms with Gasteiger partial charge in [0.25, 0.3) is 0 Å². The highest BCUT2D eigenvalue weighted by Crippen LogP contribution is 2.18. The number of rotatable bonds is 5. The van der Waals surface area contributed by atoms with Crippen LogP contribution >= 0.6 is 0 Å². The smallest absolute Gasteiger partial charge is 0.120 e. The molecule has 1 rings (SSSR count). The lowest BCUT2D eigenvalue weighted by Gasteiger charge is -2.15. The maximum absolute atomic E-state index is 5.63. The Bertz CT molecular complexity index is 254. The zero-order valence-corrected chi connectivity index (χ0v) is 8.69. The Kier molecular flexibility index (Phi) is 4.26. The lowest BCUT2D eigenvalue weighted by Crippen LogP contribution is -2.25. The van der Waals surface area contributed by atoms with Crippen LogP contribution in [0.4, 0.5) is 0 Å². The monoisotopic (exact) mass is 195 g/mol. The van der Waals surface area contributed by atoms with Crippen molar-refractivity contribution in [1.29, 1.82) is 0 Å². The van der Waals surface area contributed by atoms with Gasteiger partial charge in [-0.3, -0.25) is 0 Å². The highest BCUT2D eigenvalue weighted by molar-refractivity contribution is 5.31. The second kappa shape index (κ2) is 5.50. The highest BCUT2D eigenvalue weighted by atomic mass is 16.5. The first-order valence-corrected chi connectivity index (χ1v) is 4.81. The van der Waals surface area contributed by atoms with Crippen LogP contribution < -0.4 is 15.2 Å². The van der Waals surface area contributed by atoms with Crippen molar-refractivity contribution in [2.24, 2.45) is 5.73 Å². The van der Waals surface area contributed by atoms with Crippen LogP contribution in [-0.4, -0.2) is 19.8 Å². The summed E-state index contributed by atoms with van der Waals surface area (Å²) in [6.07, 6.45) is 1.02. The van der Waals surface area contributed by atoms with E-state index in [-0.39, 0.29) is 6.10 Å². The summed E-state index contributed by atoms with van der Waals surface area (Å²) in [5, 5.41) is 0. The van der Waals surface area contributed by atoms with E-state index in [2.05, 4.69) is 6.92 Å². The molecule has 0 saturated carbocycles. The summed E-state index contributed by atoms with van der Waals surface area (Å²) in [7, 11) is 1.64.